The maximum absolute atomic E-state index is 13.1. The van der Waals surface area contributed by atoms with Gasteiger partial charge in [-0.3, -0.25) is 15.2 Å². The van der Waals surface area contributed by atoms with E-state index in [1.165, 1.54) is 47.2 Å². The highest BCUT2D eigenvalue weighted by Crippen LogP contribution is 2.45. The second kappa shape index (κ2) is 9.43. The molecule has 1 atom stereocenters. The van der Waals surface area contributed by atoms with Crippen molar-refractivity contribution in [2.45, 2.75) is 38.3 Å². The van der Waals surface area contributed by atoms with Crippen molar-refractivity contribution in [3.8, 4) is 0 Å². The molecular formula is C20H17IN6OS3. The summed E-state index contributed by atoms with van der Waals surface area (Å²) in [4.78, 5) is 28.1. The lowest BCUT2D eigenvalue weighted by Gasteiger charge is -2.20. The van der Waals surface area contributed by atoms with Gasteiger partial charge in [-0.25, -0.2) is 15.0 Å². The Labute approximate surface area is 205 Å². The molecule has 31 heavy (non-hydrogen) atoms. The maximum atomic E-state index is 13.1. The third-order valence-electron chi connectivity index (χ3n) is 4.81. The molecule has 0 aromatic carbocycles. The van der Waals surface area contributed by atoms with E-state index in [1.807, 2.05) is 17.5 Å². The van der Waals surface area contributed by atoms with Crippen LogP contribution in [0.4, 0.5) is 5.13 Å². The number of H-pyrrole nitrogens is 1. The van der Waals surface area contributed by atoms with Crippen molar-refractivity contribution in [2.75, 3.05) is 5.32 Å². The number of aromatic nitrogens is 5. The first-order valence-corrected chi connectivity index (χ1v) is 13.4. The molecule has 0 aliphatic heterocycles. The number of anilines is 1. The third kappa shape index (κ3) is 5.21. The van der Waals surface area contributed by atoms with Crippen LogP contribution >= 0.6 is 57.5 Å². The van der Waals surface area contributed by atoms with Gasteiger partial charge in [-0.2, -0.15) is 5.10 Å². The zero-order valence-electron chi connectivity index (χ0n) is 16.1. The van der Waals surface area contributed by atoms with E-state index < -0.39 is 0 Å². The summed E-state index contributed by atoms with van der Waals surface area (Å²) < 4.78 is 0.404. The summed E-state index contributed by atoms with van der Waals surface area (Å²) >= 11 is 6.83. The van der Waals surface area contributed by atoms with Crippen molar-refractivity contribution in [1.82, 2.24) is 25.1 Å². The van der Waals surface area contributed by atoms with E-state index in [1.54, 1.807) is 23.5 Å². The highest BCUT2D eigenvalue weighted by Gasteiger charge is 2.30. The van der Waals surface area contributed by atoms with Gasteiger partial charge in [0, 0.05) is 25.3 Å². The van der Waals surface area contributed by atoms with Crippen molar-refractivity contribution in [3.05, 3.63) is 58.4 Å². The molecule has 1 amide bonds. The van der Waals surface area contributed by atoms with Gasteiger partial charge in [-0.05, 0) is 49.1 Å². The van der Waals surface area contributed by atoms with Crippen LogP contribution in [0.3, 0.4) is 0 Å². The van der Waals surface area contributed by atoms with Crippen molar-refractivity contribution in [2.24, 2.45) is 5.92 Å². The smallest absolute Gasteiger partial charge is 0.277 e. The van der Waals surface area contributed by atoms with Gasteiger partial charge in [0.1, 0.15) is 17.0 Å². The number of thiazole rings is 1. The molecule has 0 radical (unpaired) electrons. The fourth-order valence-corrected chi connectivity index (χ4v) is 6.43. The first-order chi connectivity index (χ1) is 15.2. The van der Waals surface area contributed by atoms with Crippen LogP contribution in [0.2, 0.25) is 0 Å². The van der Waals surface area contributed by atoms with Gasteiger partial charge in [-0.15, -0.1) is 11.3 Å². The Morgan fingerprint density at radius 1 is 1.23 bits per heavy atom. The Kier molecular flexibility index (Phi) is 6.44. The van der Waals surface area contributed by atoms with Crippen LogP contribution in [-0.2, 0) is 0 Å². The standard InChI is InChI=1S/C20H17IN6OS3/c21-13-9-12(11-1-2-11)3-4-14(13)30-15-5-6-16(31-20-23-10-24-27-20)25-17(15)18(28)26-19-22-7-8-29-19/h3-8,10-11,13H,1-2,9H2,(H,22,26,28)(H,23,24,27)/t13-/m1/s1. The summed E-state index contributed by atoms with van der Waals surface area (Å²) in [6.45, 7) is 0. The molecule has 7 nitrogen and oxygen atoms in total. The average molecular weight is 581 g/mol. The first kappa shape index (κ1) is 21.2. The quantitative estimate of drug-likeness (QED) is 0.278. The summed E-state index contributed by atoms with van der Waals surface area (Å²) in [5.41, 5.74) is 1.94. The Bertz CT molecular complexity index is 1140. The average Bonchev–Trinajstić information content (AvgIpc) is 3.25. The van der Waals surface area contributed by atoms with Crippen molar-refractivity contribution in [3.63, 3.8) is 0 Å². The van der Waals surface area contributed by atoms with E-state index in [0.29, 0.717) is 24.9 Å². The molecule has 1 fully saturated rings. The minimum absolute atomic E-state index is 0.270. The van der Waals surface area contributed by atoms with Crippen LogP contribution in [0.1, 0.15) is 29.8 Å². The number of rotatable bonds is 7. The Morgan fingerprint density at radius 2 is 2.13 bits per heavy atom. The number of hydrogen-bond donors (Lipinski definition) is 2. The van der Waals surface area contributed by atoms with Crippen LogP contribution in [0.25, 0.3) is 0 Å². The van der Waals surface area contributed by atoms with Crippen molar-refractivity contribution < 1.29 is 4.79 Å². The number of halogens is 1. The fraction of sp³-hybridized carbons (Fsp3) is 0.250. The number of hydrogen-bond acceptors (Lipinski definition) is 8. The van der Waals surface area contributed by atoms with E-state index in [-0.39, 0.29) is 5.91 Å². The highest BCUT2D eigenvalue weighted by atomic mass is 127. The maximum Gasteiger partial charge on any atom is 0.277 e. The number of nitrogens with zero attached hydrogens (tertiary/aromatic N) is 4. The normalized spacial score (nSPS) is 18.4. The first-order valence-electron chi connectivity index (χ1n) is 9.63. The van der Waals surface area contributed by atoms with Crippen molar-refractivity contribution in [1.29, 1.82) is 0 Å². The number of pyridine rings is 1. The monoisotopic (exact) mass is 580 g/mol. The zero-order chi connectivity index (χ0) is 21.2. The van der Waals surface area contributed by atoms with Crippen LogP contribution in [0.15, 0.2) is 67.7 Å². The predicted octanol–water partition coefficient (Wildman–Crippen LogP) is 5.58. The van der Waals surface area contributed by atoms with E-state index >= 15 is 0 Å². The number of amides is 1. The number of carbonyl (C=O) groups is 1. The van der Waals surface area contributed by atoms with Crippen LogP contribution in [0, 0.1) is 5.92 Å². The summed E-state index contributed by atoms with van der Waals surface area (Å²) in [5.74, 6) is 0.516. The SMILES string of the molecule is O=C(Nc1nccs1)c1nc(Sc2ncn[nH]2)ccc1SC1=CC=C(C2CC2)C[C@H]1I. The number of thioether (sulfide) groups is 1. The molecule has 0 saturated heterocycles. The second-order valence-electron chi connectivity index (χ2n) is 7.04. The molecule has 0 bridgehead atoms. The van der Waals surface area contributed by atoms with E-state index in [9.17, 15) is 4.79 Å². The Morgan fingerprint density at radius 3 is 2.84 bits per heavy atom. The lowest BCUT2D eigenvalue weighted by Crippen LogP contribution is -2.15. The van der Waals surface area contributed by atoms with Gasteiger partial charge in [-0.1, -0.05) is 52.1 Å². The lowest BCUT2D eigenvalue weighted by molar-refractivity contribution is 0.101. The Balaban J connectivity index is 1.43. The summed E-state index contributed by atoms with van der Waals surface area (Å²) in [6, 6.07) is 3.87. The molecule has 1 saturated carbocycles. The molecule has 158 valence electrons. The fourth-order valence-electron chi connectivity index (χ4n) is 3.17. The highest BCUT2D eigenvalue weighted by molar-refractivity contribution is 14.1. The summed E-state index contributed by atoms with van der Waals surface area (Å²) in [6.07, 6.45) is 11.3. The van der Waals surface area contributed by atoms with Gasteiger partial charge in [0.15, 0.2) is 10.3 Å². The van der Waals surface area contributed by atoms with Crippen LogP contribution in [0.5, 0.6) is 0 Å². The van der Waals surface area contributed by atoms with E-state index in [4.69, 9.17) is 0 Å². The molecule has 5 rings (SSSR count). The molecule has 2 aliphatic rings. The van der Waals surface area contributed by atoms with Gasteiger partial charge < -0.3 is 0 Å². The molecule has 0 spiro atoms. The molecule has 0 unspecified atom stereocenters. The molecule has 2 N–H and O–H groups in total. The van der Waals surface area contributed by atoms with Crippen molar-refractivity contribution >= 4 is 68.5 Å². The largest absolute Gasteiger partial charge is 0.296 e. The number of carbonyl (C=O) groups excluding carboxylic acids is 1. The van der Waals surface area contributed by atoms with Gasteiger partial charge in [0.25, 0.3) is 5.91 Å². The molecule has 11 heteroatoms. The van der Waals surface area contributed by atoms with Crippen LogP contribution < -0.4 is 5.32 Å². The molecule has 3 aromatic heterocycles. The number of aromatic amines is 1. The Hall–Kier alpha value is -1.70. The molecular weight excluding hydrogens is 563 g/mol. The predicted molar refractivity (Wildman–Crippen MR) is 132 cm³/mol. The number of nitrogens with one attached hydrogen (secondary N) is 2. The van der Waals surface area contributed by atoms with E-state index in [0.717, 1.165) is 17.2 Å². The van der Waals surface area contributed by atoms with Gasteiger partial charge >= 0.3 is 0 Å². The van der Waals surface area contributed by atoms with Gasteiger partial charge in [0.05, 0.1) is 0 Å². The minimum atomic E-state index is -0.270. The molecule has 3 aromatic rings. The molecule has 3 heterocycles. The molecule has 2 aliphatic carbocycles. The second-order valence-corrected chi connectivity index (χ2v) is 11.6. The van der Waals surface area contributed by atoms with Gasteiger partial charge in [0.2, 0.25) is 0 Å². The zero-order valence-corrected chi connectivity index (χ0v) is 20.7. The minimum Gasteiger partial charge on any atom is -0.296 e. The summed E-state index contributed by atoms with van der Waals surface area (Å²) in [5, 5.41) is 13.2. The summed E-state index contributed by atoms with van der Waals surface area (Å²) in [7, 11) is 0. The van der Waals surface area contributed by atoms with E-state index in [2.05, 4.69) is 65.2 Å². The lowest BCUT2D eigenvalue weighted by atomic mass is 10.0. The number of alkyl halides is 1. The third-order valence-corrected chi connectivity index (χ3v) is 9.06. The number of allylic oxidation sites excluding steroid dienone is 4. The topological polar surface area (TPSA) is 96.5 Å². The van der Waals surface area contributed by atoms with Crippen LogP contribution in [-0.4, -0.2) is 35.0 Å².